The van der Waals surface area contributed by atoms with Gasteiger partial charge in [0.25, 0.3) is 0 Å². The van der Waals surface area contributed by atoms with Crippen molar-refractivity contribution in [1.82, 2.24) is 9.21 Å². The van der Waals surface area contributed by atoms with Crippen LogP contribution in [-0.2, 0) is 32.5 Å². The minimum atomic E-state index is -3.87. The third kappa shape index (κ3) is 4.70. The van der Waals surface area contributed by atoms with Crippen molar-refractivity contribution in [3.8, 4) is 5.75 Å². The number of hydrogen-bond acceptors (Lipinski definition) is 8. The monoisotopic (exact) mass is 507 g/mol. The highest BCUT2D eigenvalue weighted by atomic mass is 32.2. The van der Waals surface area contributed by atoms with Crippen LogP contribution in [0.1, 0.15) is 40.6 Å². The van der Waals surface area contributed by atoms with E-state index in [-0.39, 0.29) is 18.0 Å². The average molecular weight is 508 g/mol. The highest BCUT2D eigenvalue weighted by Crippen LogP contribution is 2.38. The fraction of sp³-hybridized carbons (Fsp3) is 0.478. The summed E-state index contributed by atoms with van der Waals surface area (Å²) in [7, 11) is -0.358. The van der Waals surface area contributed by atoms with Gasteiger partial charge in [-0.1, -0.05) is 0 Å². The number of nitrogens with zero attached hydrogens (tertiary/aromatic N) is 2. The lowest BCUT2D eigenvalue weighted by atomic mass is 10.0. The number of esters is 1. The molecule has 9 nitrogen and oxygen atoms in total. The zero-order valence-electron chi connectivity index (χ0n) is 19.5. The van der Waals surface area contributed by atoms with Crippen molar-refractivity contribution < 1.29 is 27.5 Å². The summed E-state index contributed by atoms with van der Waals surface area (Å²) in [5.41, 5.74) is 1.30. The van der Waals surface area contributed by atoms with Gasteiger partial charge in [-0.3, -0.25) is 4.79 Å². The Balaban J connectivity index is 1.60. The largest absolute Gasteiger partial charge is 0.497 e. The molecule has 1 saturated heterocycles. The Labute approximate surface area is 203 Å². The van der Waals surface area contributed by atoms with Crippen molar-refractivity contribution in [2.24, 2.45) is 0 Å². The number of amides is 1. The number of thiophene rings is 1. The summed E-state index contributed by atoms with van der Waals surface area (Å²) in [5, 5.41) is 3.30. The second-order valence-electron chi connectivity index (χ2n) is 8.35. The number of anilines is 1. The number of hydrogen-bond donors (Lipinski definition) is 1. The van der Waals surface area contributed by atoms with Crippen LogP contribution in [0, 0.1) is 0 Å². The van der Waals surface area contributed by atoms with Gasteiger partial charge in [0.2, 0.25) is 15.9 Å². The van der Waals surface area contributed by atoms with Gasteiger partial charge in [0.05, 0.1) is 24.2 Å². The van der Waals surface area contributed by atoms with Crippen LogP contribution in [0.4, 0.5) is 5.00 Å². The minimum absolute atomic E-state index is 0.106. The van der Waals surface area contributed by atoms with Gasteiger partial charge in [-0.15, -0.1) is 11.3 Å². The highest BCUT2D eigenvalue weighted by Gasteiger charge is 2.40. The SMILES string of the molecule is CCOC(=O)c1c(NC(=O)C2CCCN2S(=O)(=O)c2ccc(OC)cc2)sc2c1CCN(C)C2. The predicted octanol–water partition coefficient (Wildman–Crippen LogP) is 2.71. The molecule has 1 aromatic heterocycles. The summed E-state index contributed by atoms with van der Waals surface area (Å²) in [5.74, 6) is -0.352. The number of carbonyl (C=O) groups excluding carboxylic acids is 2. The van der Waals surface area contributed by atoms with E-state index in [9.17, 15) is 18.0 Å². The van der Waals surface area contributed by atoms with E-state index in [1.54, 1.807) is 19.1 Å². The molecular formula is C23H29N3O6S2. The van der Waals surface area contributed by atoms with Gasteiger partial charge >= 0.3 is 5.97 Å². The van der Waals surface area contributed by atoms with Gasteiger partial charge in [-0.05, 0) is 63.1 Å². The molecule has 3 heterocycles. The zero-order chi connectivity index (χ0) is 24.5. The molecule has 1 fully saturated rings. The molecule has 0 spiro atoms. The first-order valence-electron chi connectivity index (χ1n) is 11.2. The molecule has 1 amide bonds. The Morgan fingerprint density at radius 3 is 2.62 bits per heavy atom. The summed E-state index contributed by atoms with van der Waals surface area (Å²) in [6.07, 6.45) is 1.67. The van der Waals surface area contributed by atoms with Gasteiger partial charge in [0, 0.05) is 24.5 Å². The number of likely N-dealkylation sites (N-methyl/N-ethyl adjacent to an activating group) is 1. The lowest BCUT2D eigenvalue weighted by molar-refractivity contribution is -0.119. The van der Waals surface area contributed by atoms with Crippen LogP contribution < -0.4 is 10.1 Å². The van der Waals surface area contributed by atoms with E-state index < -0.39 is 27.9 Å². The molecule has 1 N–H and O–H groups in total. The van der Waals surface area contributed by atoms with Crippen LogP contribution >= 0.6 is 11.3 Å². The molecule has 2 aliphatic heterocycles. The Morgan fingerprint density at radius 1 is 1.21 bits per heavy atom. The first-order chi connectivity index (χ1) is 16.3. The van der Waals surface area contributed by atoms with Gasteiger partial charge < -0.3 is 19.7 Å². The molecule has 0 aliphatic carbocycles. The molecule has 0 radical (unpaired) electrons. The normalized spacial score (nSPS) is 19.0. The summed E-state index contributed by atoms with van der Waals surface area (Å²) in [4.78, 5) is 29.3. The van der Waals surface area contributed by atoms with Crippen LogP contribution in [0.5, 0.6) is 5.75 Å². The van der Waals surface area contributed by atoms with Crippen molar-refractivity contribution in [2.75, 3.05) is 39.2 Å². The summed E-state index contributed by atoms with van der Waals surface area (Å²) in [6, 6.07) is 5.26. The average Bonchev–Trinajstić information content (AvgIpc) is 3.44. The van der Waals surface area contributed by atoms with Gasteiger partial charge in [-0.25, -0.2) is 13.2 Å². The number of methoxy groups -OCH3 is 1. The van der Waals surface area contributed by atoms with E-state index in [4.69, 9.17) is 9.47 Å². The third-order valence-corrected chi connectivity index (χ3v) is 9.19. The van der Waals surface area contributed by atoms with Crippen LogP contribution in [-0.4, -0.2) is 69.4 Å². The smallest absolute Gasteiger partial charge is 0.341 e. The summed E-state index contributed by atoms with van der Waals surface area (Å²) >= 11 is 1.36. The topological polar surface area (TPSA) is 105 Å². The second-order valence-corrected chi connectivity index (χ2v) is 11.4. The molecule has 2 aliphatic rings. The van der Waals surface area contributed by atoms with Crippen molar-refractivity contribution >= 4 is 38.2 Å². The first-order valence-corrected chi connectivity index (χ1v) is 13.5. The number of benzene rings is 1. The zero-order valence-corrected chi connectivity index (χ0v) is 21.1. The molecule has 0 bridgehead atoms. The van der Waals surface area contributed by atoms with Crippen molar-refractivity contribution in [3.63, 3.8) is 0 Å². The highest BCUT2D eigenvalue weighted by molar-refractivity contribution is 7.89. The maximum absolute atomic E-state index is 13.3. The minimum Gasteiger partial charge on any atom is -0.497 e. The molecule has 0 saturated carbocycles. The van der Waals surface area contributed by atoms with Crippen LogP contribution in [0.15, 0.2) is 29.2 Å². The lowest BCUT2D eigenvalue weighted by Gasteiger charge is -2.23. The Hall–Kier alpha value is -2.47. The van der Waals surface area contributed by atoms with Crippen LogP contribution in [0.2, 0.25) is 0 Å². The maximum Gasteiger partial charge on any atom is 0.341 e. The first kappa shape index (κ1) is 24.6. The fourth-order valence-corrected chi connectivity index (χ4v) is 7.38. The fourth-order valence-electron chi connectivity index (χ4n) is 4.41. The van der Waals surface area contributed by atoms with E-state index in [1.165, 1.54) is 34.9 Å². The van der Waals surface area contributed by atoms with E-state index in [0.717, 1.165) is 17.0 Å². The standard InChI is InChI=1S/C23H29N3O6S2/c1-4-32-23(28)20-17-11-13-25(2)14-19(17)33-22(20)24-21(27)18-6-5-12-26(18)34(29,30)16-9-7-15(31-3)8-10-16/h7-10,18H,4-6,11-14H2,1-3H3,(H,24,27). The van der Waals surface area contributed by atoms with Crippen molar-refractivity contribution in [3.05, 3.63) is 40.3 Å². The van der Waals surface area contributed by atoms with Crippen LogP contribution in [0.3, 0.4) is 0 Å². The number of rotatable bonds is 7. The van der Waals surface area contributed by atoms with E-state index in [0.29, 0.717) is 42.1 Å². The summed E-state index contributed by atoms with van der Waals surface area (Å²) in [6.45, 7) is 3.71. The molecule has 1 unspecified atom stereocenters. The Kier molecular flexibility index (Phi) is 7.27. The molecule has 1 aromatic carbocycles. The molecule has 1 atom stereocenters. The molecule has 4 rings (SSSR count). The van der Waals surface area contributed by atoms with E-state index in [2.05, 4.69) is 10.2 Å². The third-order valence-electron chi connectivity index (χ3n) is 6.14. The number of fused-ring (bicyclic) bond motifs is 1. The van der Waals surface area contributed by atoms with Gasteiger partial charge in [-0.2, -0.15) is 4.31 Å². The van der Waals surface area contributed by atoms with E-state index >= 15 is 0 Å². The predicted molar refractivity (Wildman–Crippen MR) is 129 cm³/mol. The second kappa shape index (κ2) is 10.0. The molecular weight excluding hydrogens is 478 g/mol. The Morgan fingerprint density at radius 2 is 1.94 bits per heavy atom. The number of sulfonamides is 1. The maximum atomic E-state index is 13.3. The Bertz CT molecular complexity index is 1180. The quantitative estimate of drug-likeness (QED) is 0.575. The van der Waals surface area contributed by atoms with E-state index in [1.807, 2.05) is 7.05 Å². The number of nitrogens with one attached hydrogen (secondary N) is 1. The molecule has 184 valence electrons. The molecule has 34 heavy (non-hydrogen) atoms. The van der Waals surface area contributed by atoms with Gasteiger partial charge in [0.1, 0.15) is 16.8 Å². The molecule has 11 heteroatoms. The van der Waals surface area contributed by atoms with Crippen LogP contribution in [0.25, 0.3) is 0 Å². The van der Waals surface area contributed by atoms with Crippen molar-refractivity contribution in [1.29, 1.82) is 0 Å². The summed E-state index contributed by atoms with van der Waals surface area (Å²) < 4.78 is 38.2. The molecule has 2 aromatic rings. The van der Waals surface area contributed by atoms with Crippen molar-refractivity contribution in [2.45, 2.75) is 43.7 Å². The number of carbonyl (C=O) groups is 2. The number of ether oxygens (including phenoxy) is 2. The van der Waals surface area contributed by atoms with Gasteiger partial charge in [0.15, 0.2) is 0 Å². The lowest BCUT2D eigenvalue weighted by Crippen LogP contribution is -2.43.